The Bertz CT molecular complexity index is 549. The Balaban J connectivity index is 0.000000861. The van der Waals surface area contributed by atoms with Crippen LogP contribution in [0.25, 0.3) is 17.0 Å². The van der Waals surface area contributed by atoms with Gasteiger partial charge in [-0.2, -0.15) is 0 Å². The van der Waals surface area contributed by atoms with Gasteiger partial charge in [-0.3, -0.25) is 4.98 Å². The third kappa shape index (κ3) is 3.77. The SMILES string of the molecule is C/C=C(\C=N)c1ncnc(-c2cccnc2)n1.CC. The van der Waals surface area contributed by atoms with Crippen LogP contribution in [0.15, 0.2) is 36.9 Å². The van der Waals surface area contributed by atoms with Crippen LogP contribution < -0.4 is 0 Å². The van der Waals surface area contributed by atoms with Gasteiger partial charge in [-0.15, -0.1) is 0 Å². The lowest BCUT2D eigenvalue weighted by molar-refractivity contribution is 1.03. The van der Waals surface area contributed by atoms with E-state index in [9.17, 15) is 0 Å². The lowest BCUT2D eigenvalue weighted by Crippen LogP contribution is -1.99. The molecule has 0 unspecified atom stereocenters. The summed E-state index contributed by atoms with van der Waals surface area (Å²) in [6, 6.07) is 3.71. The van der Waals surface area contributed by atoms with Gasteiger partial charge in [0.1, 0.15) is 6.33 Å². The van der Waals surface area contributed by atoms with Crippen molar-refractivity contribution in [2.45, 2.75) is 20.8 Å². The van der Waals surface area contributed by atoms with E-state index >= 15 is 0 Å². The highest BCUT2D eigenvalue weighted by atomic mass is 15.0. The number of hydrogen-bond acceptors (Lipinski definition) is 5. The number of allylic oxidation sites excluding steroid dienone is 2. The molecule has 0 atom stereocenters. The van der Waals surface area contributed by atoms with Crippen LogP contribution in [0.4, 0.5) is 0 Å². The molecule has 2 aromatic heterocycles. The van der Waals surface area contributed by atoms with Gasteiger partial charge in [0.2, 0.25) is 0 Å². The van der Waals surface area contributed by atoms with Gasteiger partial charge < -0.3 is 5.41 Å². The fourth-order valence-corrected chi connectivity index (χ4v) is 1.35. The molecule has 0 amide bonds. The second kappa shape index (κ2) is 7.81. The molecule has 0 aromatic carbocycles. The minimum Gasteiger partial charge on any atom is -0.308 e. The van der Waals surface area contributed by atoms with E-state index < -0.39 is 0 Å². The second-order valence-electron chi connectivity index (χ2n) is 3.26. The Morgan fingerprint density at radius 3 is 2.63 bits per heavy atom. The number of pyridine rings is 1. The van der Waals surface area contributed by atoms with Gasteiger partial charge in [0.05, 0.1) is 0 Å². The molecule has 0 spiro atoms. The van der Waals surface area contributed by atoms with Crippen molar-refractivity contribution in [2.75, 3.05) is 0 Å². The molecule has 1 N–H and O–H groups in total. The maximum Gasteiger partial charge on any atom is 0.164 e. The second-order valence-corrected chi connectivity index (χ2v) is 3.26. The highest BCUT2D eigenvalue weighted by molar-refractivity contribution is 6.06. The molecular formula is C14H17N5. The maximum absolute atomic E-state index is 7.27. The highest BCUT2D eigenvalue weighted by Crippen LogP contribution is 2.14. The Morgan fingerprint density at radius 1 is 1.26 bits per heavy atom. The molecule has 0 saturated heterocycles. The highest BCUT2D eigenvalue weighted by Gasteiger charge is 2.05. The van der Waals surface area contributed by atoms with Crippen LogP contribution in [-0.2, 0) is 0 Å². The Labute approximate surface area is 113 Å². The predicted molar refractivity (Wildman–Crippen MR) is 76.8 cm³/mol. The summed E-state index contributed by atoms with van der Waals surface area (Å²) in [4.78, 5) is 16.5. The average Bonchev–Trinajstić information content (AvgIpc) is 2.52. The van der Waals surface area contributed by atoms with Crippen LogP contribution in [-0.4, -0.2) is 26.2 Å². The summed E-state index contributed by atoms with van der Waals surface area (Å²) in [7, 11) is 0. The van der Waals surface area contributed by atoms with Crippen LogP contribution in [0.3, 0.4) is 0 Å². The molecule has 98 valence electrons. The molecule has 2 aromatic rings. The van der Waals surface area contributed by atoms with Crippen molar-refractivity contribution in [1.29, 1.82) is 5.41 Å². The average molecular weight is 255 g/mol. The number of nitrogens with zero attached hydrogens (tertiary/aromatic N) is 4. The molecule has 19 heavy (non-hydrogen) atoms. The quantitative estimate of drug-likeness (QED) is 0.855. The van der Waals surface area contributed by atoms with E-state index in [0.717, 1.165) is 5.56 Å². The van der Waals surface area contributed by atoms with Crippen LogP contribution >= 0.6 is 0 Å². The van der Waals surface area contributed by atoms with Gasteiger partial charge in [0.25, 0.3) is 0 Å². The van der Waals surface area contributed by atoms with Crippen LogP contribution in [0, 0.1) is 5.41 Å². The lowest BCUT2D eigenvalue weighted by Gasteiger charge is -2.02. The summed E-state index contributed by atoms with van der Waals surface area (Å²) in [6.45, 7) is 5.84. The summed E-state index contributed by atoms with van der Waals surface area (Å²) in [5.41, 5.74) is 1.49. The fraction of sp³-hybridized carbons (Fsp3) is 0.214. The zero-order chi connectivity index (χ0) is 14.1. The van der Waals surface area contributed by atoms with Gasteiger partial charge in [-0.05, 0) is 19.1 Å². The number of aromatic nitrogens is 4. The van der Waals surface area contributed by atoms with Crippen molar-refractivity contribution in [3.63, 3.8) is 0 Å². The molecule has 0 aliphatic heterocycles. The predicted octanol–water partition coefficient (Wildman–Crippen LogP) is 3.01. The summed E-state index contributed by atoms with van der Waals surface area (Å²) >= 11 is 0. The van der Waals surface area contributed by atoms with E-state index in [1.54, 1.807) is 18.5 Å². The topological polar surface area (TPSA) is 75.4 Å². The normalized spacial score (nSPS) is 10.4. The zero-order valence-electron chi connectivity index (χ0n) is 11.3. The van der Waals surface area contributed by atoms with Gasteiger partial charge in [-0.1, -0.05) is 19.9 Å². The van der Waals surface area contributed by atoms with E-state index in [2.05, 4.69) is 19.9 Å². The maximum atomic E-state index is 7.27. The number of hydrogen-bond donors (Lipinski definition) is 1. The van der Waals surface area contributed by atoms with E-state index in [1.165, 1.54) is 12.5 Å². The van der Waals surface area contributed by atoms with Gasteiger partial charge in [0, 0.05) is 29.7 Å². The fourth-order valence-electron chi connectivity index (χ4n) is 1.35. The molecule has 0 saturated carbocycles. The van der Waals surface area contributed by atoms with Crippen molar-refractivity contribution in [1.82, 2.24) is 19.9 Å². The number of nitrogens with one attached hydrogen (secondary N) is 1. The van der Waals surface area contributed by atoms with Crippen molar-refractivity contribution in [3.05, 3.63) is 42.8 Å². The standard InChI is InChI=1S/C12H11N5.C2H6/c1-2-9(6-13)11-15-8-16-12(17-11)10-4-3-5-14-7-10;1-2/h2-8,13H,1H3;1-2H3/b9-2+,13-6?;. The van der Waals surface area contributed by atoms with E-state index in [4.69, 9.17) is 5.41 Å². The van der Waals surface area contributed by atoms with Gasteiger partial charge in [0.15, 0.2) is 11.6 Å². The lowest BCUT2D eigenvalue weighted by atomic mass is 10.2. The molecule has 0 aliphatic rings. The first kappa shape index (κ1) is 14.6. The van der Waals surface area contributed by atoms with Crippen LogP contribution in [0.1, 0.15) is 26.6 Å². The molecule has 5 heteroatoms. The third-order valence-corrected chi connectivity index (χ3v) is 2.22. The molecule has 2 rings (SSSR count). The van der Waals surface area contributed by atoms with Crippen molar-refractivity contribution in [2.24, 2.45) is 0 Å². The molecule has 0 radical (unpaired) electrons. The Hall–Kier alpha value is -2.43. The van der Waals surface area contributed by atoms with E-state index in [-0.39, 0.29) is 0 Å². The molecule has 0 bridgehead atoms. The Kier molecular flexibility index (Phi) is 6.02. The monoisotopic (exact) mass is 255 g/mol. The third-order valence-electron chi connectivity index (χ3n) is 2.22. The van der Waals surface area contributed by atoms with Gasteiger partial charge >= 0.3 is 0 Å². The summed E-state index contributed by atoms with van der Waals surface area (Å²) in [5, 5.41) is 7.27. The van der Waals surface area contributed by atoms with E-state index in [0.29, 0.717) is 17.2 Å². The first-order chi connectivity index (χ1) is 9.35. The van der Waals surface area contributed by atoms with E-state index in [1.807, 2.05) is 32.9 Å². The minimum absolute atomic E-state index is 0.497. The first-order valence-electron chi connectivity index (χ1n) is 6.11. The minimum atomic E-state index is 0.497. The van der Waals surface area contributed by atoms with Crippen molar-refractivity contribution < 1.29 is 0 Å². The number of rotatable bonds is 3. The largest absolute Gasteiger partial charge is 0.308 e. The molecular weight excluding hydrogens is 238 g/mol. The summed E-state index contributed by atoms with van der Waals surface area (Å²) < 4.78 is 0. The van der Waals surface area contributed by atoms with Crippen LogP contribution in [0.2, 0.25) is 0 Å². The van der Waals surface area contributed by atoms with Crippen molar-refractivity contribution >= 4 is 11.8 Å². The zero-order valence-corrected chi connectivity index (χ0v) is 11.3. The van der Waals surface area contributed by atoms with Crippen molar-refractivity contribution in [3.8, 4) is 11.4 Å². The Morgan fingerprint density at radius 2 is 2.05 bits per heavy atom. The van der Waals surface area contributed by atoms with Crippen LogP contribution in [0.5, 0.6) is 0 Å². The summed E-state index contributed by atoms with van der Waals surface area (Å²) in [6.07, 6.45) is 7.84. The molecule has 0 fully saturated rings. The molecule has 0 aliphatic carbocycles. The summed E-state index contributed by atoms with van der Waals surface area (Å²) in [5.74, 6) is 1.06. The smallest absolute Gasteiger partial charge is 0.164 e. The molecule has 2 heterocycles. The first-order valence-corrected chi connectivity index (χ1v) is 6.11. The van der Waals surface area contributed by atoms with Gasteiger partial charge in [-0.25, -0.2) is 15.0 Å². The molecule has 5 nitrogen and oxygen atoms in total.